The van der Waals surface area contributed by atoms with E-state index in [1.165, 1.54) is 0 Å². The zero-order valence-corrected chi connectivity index (χ0v) is 20.5. The van der Waals surface area contributed by atoms with Gasteiger partial charge in [-0.2, -0.15) is 5.26 Å². The first kappa shape index (κ1) is 23.1. The summed E-state index contributed by atoms with van der Waals surface area (Å²) in [5, 5.41) is 23.6. The van der Waals surface area contributed by atoms with Crippen molar-refractivity contribution < 1.29 is 0 Å². The maximum absolute atomic E-state index is 9.49. The molecule has 0 saturated heterocycles. The number of rotatable bonds is 6. The van der Waals surface area contributed by atoms with Crippen molar-refractivity contribution in [2.45, 2.75) is 5.54 Å². The Balaban J connectivity index is 1.50. The highest BCUT2D eigenvalue weighted by Crippen LogP contribution is 2.40. The van der Waals surface area contributed by atoms with Crippen molar-refractivity contribution in [2.24, 2.45) is 0 Å². The van der Waals surface area contributed by atoms with E-state index in [9.17, 15) is 5.26 Å². The van der Waals surface area contributed by atoms with Crippen LogP contribution in [0.15, 0.2) is 140 Å². The van der Waals surface area contributed by atoms with Crippen molar-refractivity contribution in [1.82, 2.24) is 20.2 Å². The van der Waals surface area contributed by atoms with Gasteiger partial charge in [-0.1, -0.05) is 133 Å². The van der Waals surface area contributed by atoms with Crippen molar-refractivity contribution >= 4 is 0 Å². The molecular weight excluding hydrogens is 466 g/mol. The van der Waals surface area contributed by atoms with E-state index in [0.717, 1.165) is 33.4 Å². The number of nitriles is 1. The van der Waals surface area contributed by atoms with Crippen molar-refractivity contribution in [2.75, 3.05) is 0 Å². The van der Waals surface area contributed by atoms with Crippen LogP contribution in [0.2, 0.25) is 0 Å². The van der Waals surface area contributed by atoms with Crippen LogP contribution in [0.4, 0.5) is 0 Å². The van der Waals surface area contributed by atoms with Crippen LogP contribution < -0.4 is 0 Å². The molecule has 1 heterocycles. The lowest BCUT2D eigenvalue weighted by molar-refractivity contribution is 0.396. The predicted molar refractivity (Wildman–Crippen MR) is 148 cm³/mol. The van der Waals surface area contributed by atoms with Crippen LogP contribution in [0, 0.1) is 11.3 Å². The minimum atomic E-state index is -0.819. The third kappa shape index (κ3) is 3.95. The predicted octanol–water partition coefficient (Wildman–Crippen LogP) is 6.72. The number of hydrogen-bond acceptors (Lipinski definition) is 4. The summed E-state index contributed by atoms with van der Waals surface area (Å²) in [5.41, 5.74) is 5.63. The summed E-state index contributed by atoms with van der Waals surface area (Å²) in [6.07, 6.45) is 0. The van der Waals surface area contributed by atoms with Gasteiger partial charge in [-0.05, 0) is 39.1 Å². The van der Waals surface area contributed by atoms with Gasteiger partial charge in [0.15, 0.2) is 5.54 Å². The van der Waals surface area contributed by atoms with Crippen LogP contribution in [0.5, 0.6) is 0 Å². The van der Waals surface area contributed by atoms with Gasteiger partial charge in [0.1, 0.15) is 0 Å². The molecule has 6 aromatic rings. The zero-order valence-electron chi connectivity index (χ0n) is 20.5. The molecule has 0 fully saturated rings. The SMILES string of the molecule is N#Cc1ccccc1-c1ccc(-c2nnn(C(c3ccccc3)(c3ccccc3)c3ccccc3)n2)cc1. The number of tetrazole rings is 1. The molecule has 0 unspecified atom stereocenters. The summed E-state index contributed by atoms with van der Waals surface area (Å²) < 4.78 is 0. The second-order valence-corrected chi connectivity index (χ2v) is 8.95. The molecule has 38 heavy (non-hydrogen) atoms. The molecule has 0 aliphatic heterocycles. The van der Waals surface area contributed by atoms with Gasteiger partial charge < -0.3 is 0 Å². The third-order valence-electron chi connectivity index (χ3n) is 6.79. The van der Waals surface area contributed by atoms with E-state index in [1.807, 2.05) is 103 Å². The molecular formula is C33H23N5. The molecule has 0 atom stereocenters. The minimum Gasteiger partial charge on any atom is -0.192 e. The molecule has 5 nitrogen and oxygen atoms in total. The number of benzene rings is 5. The topological polar surface area (TPSA) is 67.4 Å². The lowest BCUT2D eigenvalue weighted by atomic mass is 9.77. The fraction of sp³-hybridized carbons (Fsp3) is 0.0303. The van der Waals surface area contributed by atoms with Crippen molar-refractivity contribution in [3.8, 4) is 28.6 Å². The highest BCUT2D eigenvalue weighted by molar-refractivity contribution is 5.72. The summed E-state index contributed by atoms with van der Waals surface area (Å²) in [6, 6.07) is 48.6. The minimum absolute atomic E-state index is 0.525. The van der Waals surface area contributed by atoms with E-state index < -0.39 is 5.54 Å². The molecule has 0 radical (unpaired) electrons. The number of nitrogens with zero attached hydrogens (tertiary/aromatic N) is 5. The summed E-state index contributed by atoms with van der Waals surface area (Å²) in [6.45, 7) is 0. The molecule has 5 aromatic carbocycles. The summed E-state index contributed by atoms with van der Waals surface area (Å²) >= 11 is 0. The second kappa shape index (κ2) is 9.96. The van der Waals surface area contributed by atoms with Crippen molar-refractivity contribution in [1.29, 1.82) is 5.26 Å². The van der Waals surface area contributed by atoms with Crippen LogP contribution >= 0.6 is 0 Å². The quantitative estimate of drug-likeness (QED) is 0.244. The molecule has 180 valence electrons. The van der Waals surface area contributed by atoms with Crippen LogP contribution in [-0.4, -0.2) is 20.2 Å². The first-order chi connectivity index (χ1) is 18.8. The van der Waals surface area contributed by atoms with Crippen molar-refractivity contribution in [3.05, 3.63) is 162 Å². The second-order valence-electron chi connectivity index (χ2n) is 8.95. The van der Waals surface area contributed by atoms with Gasteiger partial charge in [0.2, 0.25) is 5.82 Å². The Kier molecular flexibility index (Phi) is 6.05. The van der Waals surface area contributed by atoms with Crippen LogP contribution in [0.3, 0.4) is 0 Å². The van der Waals surface area contributed by atoms with E-state index >= 15 is 0 Å². The summed E-state index contributed by atoms with van der Waals surface area (Å²) in [7, 11) is 0. The van der Waals surface area contributed by atoms with E-state index in [-0.39, 0.29) is 0 Å². The van der Waals surface area contributed by atoms with Gasteiger partial charge in [0.25, 0.3) is 0 Å². The fourth-order valence-corrected chi connectivity index (χ4v) is 4.99. The molecule has 0 saturated carbocycles. The lowest BCUT2D eigenvalue weighted by Gasteiger charge is -2.34. The Bertz CT molecular complexity index is 1600. The normalized spacial score (nSPS) is 11.1. The summed E-state index contributed by atoms with van der Waals surface area (Å²) in [5.74, 6) is 0.525. The average molecular weight is 490 g/mol. The van der Waals surface area contributed by atoms with E-state index in [2.05, 4.69) is 52.8 Å². The molecule has 6 rings (SSSR count). The largest absolute Gasteiger partial charge is 0.204 e. The molecule has 0 bridgehead atoms. The van der Waals surface area contributed by atoms with Gasteiger partial charge in [-0.3, -0.25) is 0 Å². The van der Waals surface area contributed by atoms with Gasteiger partial charge >= 0.3 is 0 Å². The van der Waals surface area contributed by atoms with Gasteiger partial charge in [-0.15, -0.1) is 15.0 Å². The standard InChI is InChI=1S/C33H23N5/c34-24-27-12-10-11-19-31(27)25-20-22-26(23-21-25)32-35-37-38(36-32)33(28-13-4-1-5-14-28,29-15-6-2-7-16-29)30-17-8-3-9-18-30/h1-23H. The Morgan fingerprint density at radius 2 is 1.03 bits per heavy atom. The first-order valence-electron chi connectivity index (χ1n) is 12.4. The van der Waals surface area contributed by atoms with Crippen LogP contribution in [-0.2, 0) is 5.54 Å². The lowest BCUT2D eigenvalue weighted by Crippen LogP contribution is -2.39. The molecule has 0 aliphatic rings. The van der Waals surface area contributed by atoms with E-state index in [1.54, 1.807) is 4.80 Å². The Morgan fingerprint density at radius 3 is 1.55 bits per heavy atom. The van der Waals surface area contributed by atoms with Gasteiger partial charge in [0.05, 0.1) is 11.6 Å². The zero-order chi connectivity index (χ0) is 25.8. The maximum atomic E-state index is 9.49. The average Bonchev–Trinajstić information content (AvgIpc) is 3.50. The summed E-state index contributed by atoms with van der Waals surface area (Å²) in [4.78, 5) is 1.72. The number of aromatic nitrogens is 4. The molecule has 0 N–H and O–H groups in total. The molecule has 0 aliphatic carbocycles. The Morgan fingerprint density at radius 1 is 0.553 bits per heavy atom. The Labute approximate surface area is 221 Å². The molecule has 5 heteroatoms. The smallest absolute Gasteiger partial charge is 0.192 e. The van der Waals surface area contributed by atoms with E-state index in [4.69, 9.17) is 5.10 Å². The van der Waals surface area contributed by atoms with Crippen molar-refractivity contribution in [3.63, 3.8) is 0 Å². The molecule has 0 spiro atoms. The maximum Gasteiger partial charge on any atom is 0.204 e. The number of hydrogen-bond donors (Lipinski definition) is 0. The van der Waals surface area contributed by atoms with Gasteiger partial charge in [-0.25, -0.2) is 0 Å². The van der Waals surface area contributed by atoms with Gasteiger partial charge in [0, 0.05) is 5.56 Å². The highest BCUT2D eigenvalue weighted by Gasteiger charge is 2.41. The molecule has 0 amide bonds. The van der Waals surface area contributed by atoms with Crippen LogP contribution in [0.1, 0.15) is 22.3 Å². The monoisotopic (exact) mass is 489 g/mol. The third-order valence-corrected chi connectivity index (χ3v) is 6.79. The fourth-order valence-electron chi connectivity index (χ4n) is 4.99. The Hall–Kier alpha value is -5.34. The van der Waals surface area contributed by atoms with E-state index in [0.29, 0.717) is 11.4 Å². The van der Waals surface area contributed by atoms with Crippen LogP contribution in [0.25, 0.3) is 22.5 Å². The first-order valence-corrected chi connectivity index (χ1v) is 12.4. The molecule has 1 aromatic heterocycles. The highest BCUT2D eigenvalue weighted by atomic mass is 15.6.